The molecule has 6 heteroatoms. The van der Waals surface area contributed by atoms with Crippen LogP contribution in [0, 0.1) is 11.3 Å². The quantitative estimate of drug-likeness (QED) is 0.720. The van der Waals surface area contributed by atoms with Gasteiger partial charge in [0.2, 0.25) is 5.91 Å². The molecule has 0 unspecified atom stereocenters. The topological polar surface area (TPSA) is 65.8 Å². The number of carbonyl (C=O) groups excluding carboxylic acids is 1. The van der Waals surface area contributed by atoms with Gasteiger partial charge in [0.1, 0.15) is 0 Å². The van der Waals surface area contributed by atoms with Gasteiger partial charge in [-0.3, -0.25) is 9.59 Å². The van der Waals surface area contributed by atoms with E-state index >= 15 is 0 Å². The number of nitrogens with zero attached hydrogens (tertiary/aromatic N) is 3. The molecule has 0 radical (unpaired) electrons. The minimum Gasteiger partial charge on any atom is -0.395 e. The lowest BCUT2D eigenvalue weighted by atomic mass is 9.76. The highest BCUT2D eigenvalue weighted by Gasteiger charge is 2.52. The number of carbonyl (C=O) groups is 1. The number of hydrogen-bond donors (Lipinski definition) is 1. The number of aryl methyl sites for hydroxylation is 2. The van der Waals surface area contributed by atoms with Crippen LogP contribution in [0.25, 0.3) is 0 Å². The van der Waals surface area contributed by atoms with Crippen LogP contribution in [0.15, 0.2) is 59.5 Å². The van der Waals surface area contributed by atoms with Gasteiger partial charge in [-0.15, -0.1) is 0 Å². The molecular formula is C24H31N3O3. The van der Waals surface area contributed by atoms with E-state index in [4.69, 9.17) is 0 Å². The number of aliphatic hydroxyl groups is 1. The Morgan fingerprint density at radius 1 is 1.03 bits per heavy atom. The lowest BCUT2D eigenvalue weighted by molar-refractivity contribution is -0.131. The van der Waals surface area contributed by atoms with Crippen molar-refractivity contribution in [3.63, 3.8) is 0 Å². The molecule has 0 saturated carbocycles. The number of aromatic nitrogens is 1. The third-order valence-electron chi connectivity index (χ3n) is 6.82. The van der Waals surface area contributed by atoms with Gasteiger partial charge in [0.25, 0.3) is 5.56 Å². The standard InChI is InChI=1S/C24H31N3O3/c28-15-14-25-16-21-17-27(23(30)10-13-26-12-5-4-8-22(26)29)19-24(21,18-25)11-9-20-6-2-1-3-7-20/h1-8,12,21,28H,9-11,13-19H2/t21-,24+/m0/s1. The van der Waals surface area contributed by atoms with Crippen molar-refractivity contribution in [2.45, 2.75) is 25.8 Å². The van der Waals surface area contributed by atoms with E-state index in [9.17, 15) is 14.7 Å². The van der Waals surface area contributed by atoms with Crippen LogP contribution in [0.2, 0.25) is 0 Å². The van der Waals surface area contributed by atoms with E-state index in [1.165, 1.54) is 11.6 Å². The fraction of sp³-hybridized carbons (Fsp3) is 0.500. The minimum atomic E-state index is -0.0671. The van der Waals surface area contributed by atoms with Crippen LogP contribution >= 0.6 is 0 Å². The number of rotatable bonds is 8. The molecule has 4 rings (SSSR count). The van der Waals surface area contributed by atoms with Crippen molar-refractivity contribution < 1.29 is 9.90 Å². The Hall–Kier alpha value is -2.44. The fourth-order valence-electron chi connectivity index (χ4n) is 5.21. The Balaban J connectivity index is 1.41. The molecule has 160 valence electrons. The second-order valence-electron chi connectivity index (χ2n) is 8.76. The maximum Gasteiger partial charge on any atom is 0.250 e. The Labute approximate surface area is 177 Å². The first-order valence-corrected chi connectivity index (χ1v) is 10.9. The maximum absolute atomic E-state index is 12.9. The zero-order valence-electron chi connectivity index (χ0n) is 17.4. The Morgan fingerprint density at radius 2 is 1.83 bits per heavy atom. The van der Waals surface area contributed by atoms with Crippen molar-refractivity contribution in [2.24, 2.45) is 11.3 Å². The molecule has 1 aromatic heterocycles. The van der Waals surface area contributed by atoms with Gasteiger partial charge >= 0.3 is 0 Å². The van der Waals surface area contributed by atoms with Gasteiger partial charge in [0.15, 0.2) is 0 Å². The van der Waals surface area contributed by atoms with Gasteiger partial charge in [-0.25, -0.2) is 0 Å². The van der Waals surface area contributed by atoms with Crippen molar-refractivity contribution in [2.75, 3.05) is 39.3 Å². The SMILES string of the molecule is O=C(CCn1ccccc1=O)N1C[C@@H]2CN(CCO)C[C@]2(CCc2ccccc2)C1. The number of pyridine rings is 1. The normalized spacial score (nSPS) is 23.6. The number of likely N-dealkylation sites (tertiary alicyclic amines) is 2. The predicted octanol–water partition coefficient (Wildman–Crippen LogP) is 1.62. The van der Waals surface area contributed by atoms with Crippen LogP contribution in [0.3, 0.4) is 0 Å². The van der Waals surface area contributed by atoms with Crippen LogP contribution in [-0.2, 0) is 17.8 Å². The van der Waals surface area contributed by atoms with Crippen molar-refractivity contribution in [3.05, 3.63) is 70.6 Å². The van der Waals surface area contributed by atoms with Crippen molar-refractivity contribution >= 4 is 5.91 Å². The van der Waals surface area contributed by atoms with Crippen LogP contribution < -0.4 is 5.56 Å². The van der Waals surface area contributed by atoms with E-state index in [-0.39, 0.29) is 23.5 Å². The second kappa shape index (κ2) is 9.14. The zero-order valence-corrected chi connectivity index (χ0v) is 17.4. The highest BCUT2D eigenvalue weighted by molar-refractivity contribution is 5.76. The molecule has 2 aliphatic rings. The van der Waals surface area contributed by atoms with Crippen molar-refractivity contribution in [3.8, 4) is 0 Å². The number of fused-ring (bicyclic) bond motifs is 1. The molecule has 2 atom stereocenters. The average Bonchev–Trinajstić information content (AvgIpc) is 3.26. The molecule has 1 amide bonds. The van der Waals surface area contributed by atoms with Crippen LogP contribution in [0.1, 0.15) is 18.4 Å². The maximum atomic E-state index is 12.9. The van der Waals surface area contributed by atoms with Gasteiger partial charge in [-0.1, -0.05) is 36.4 Å². The van der Waals surface area contributed by atoms with Crippen LogP contribution in [0.5, 0.6) is 0 Å². The van der Waals surface area contributed by atoms with E-state index in [0.717, 1.165) is 39.0 Å². The summed E-state index contributed by atoms with van der Waals surface area (Å²) < 4.78 is 1.60. The van der Waals surface area contributed by atoms with Crippen molar-refractivity contribution in [1.82, 2.24) is 14.4 Å². The summed E-state index contributed by atoms with van der Waals surface area (Å²) in [7, 11) is 0. The summed E-state index contributed by atoms with van der Waals surface area (Å²) >= 11 is 0. The molecule has 0 bridgehead atoms. The second-order valence-corrected chi connectivity index (χ2v) is 8.76. The summed E-state index contributed by atoms with van der Waals surface area (Å²) in [6.45, 7) is 4.73. The smallest absolute Gasteiger partial charge is 0.250 e. The summed E-state index contributed by atoms with van der Waals surface area (Å²) in [6.07, 6.45) is 4.14. The molecule has 1 N–H and O–H groups in total. The summed E-state index contributed by atoms with van der Waals surface area (Å²) in [6, 6.07) is 15.6. The molecule has 0 aliphatic carbocycles. The largest absolute Gasteiger partial charge is 0.395 e. The molecule has 0 spiro atoms. The van der Waals surface area contributed by atoms with Gasteiger partial charge in [0, 0.05) is 63.4 Å². The Bertz CT molecular complexity index is 913. The molecule has 6 nitrogen and oxygen atoms in total. The zero-order chi connectivity index (χ0) is 21.0. The Morgan fingerprint density at radius 3 is 2.60 bits per heavy atom. The summed E-state index contributed by atoms with van der Waals surface area (Å²) in [5, 5.41) is 9.39. The Kier molecular flexibility index (Phi) is 6.35. The first-order chi connectivity index (χ1) is 14.6. The van der Waals surface area contributed by atoms with Crippen molar-refractivity contribution in [1.29, 1.82) is 0 Å². The fourth-order valence-corrected chi connectivity index (χ4v) is 5.21. The van der Waals surface area contributed by atoms with Gasteiger partial charge < -0.3 is 19.5 Å². The number of benzene rings is 1. The van der Waals surface area contributed by atoms with Crippen LogP contribution in [-0.4, -0.2) is 64.7 Å². The van der Waals surface area contributed by atoms with Crippen LogP contribution in [0.4, 0.5) is 0 Å². The van der Waals surface area contributed by atoms with E-state index < -0.39 is 0 Å². The van der Waals surface area contributed by atoms with E-state index in [0.29, 0.717) is 25.4 Å². The highest BCUT2D eigenvalue weighted by atomic mass is 16.3. The van der Waals surface area contributed by atoms with E-state index in [2.05, 4.69) is 29.2 Å². The third-order valence-corrected chi connectivity index (χ3v) is 6.82. The predicted molar refractivity (Wildman–Crippen MR) is 116 cm³/mol. The van der Waals surface area contributed by atoms with Gasteiger partial charge in [0.05, 0.1) is 6.61 Å². The number of hydrogen-bond acceptors (Lipinski definition) is 4. The monoisotopic (exact) mass is 409 g/mol. The number of amides is 1. The highest BCUT2D eigenvalue weighted by Crippen LogP contribution is 2.45. The molecule has 1 aromatic carbocycles. The number of β-amino-alcohol motifs (C(OH)–C–C–N with tert-alkyl or cyclic N) is 1. The first kappa shape index (κ1) is 20.8. The third kappa shape index (κ3) is 4.50. The molecular weight excluding hydrogens is 378 g/mol. The summed E-state index contributed by atoms with van der Waals surface area (Å²) in [5.74, 6) is 0.573. The minimum absolute atomic E-state index is 0.0671. The number of aliphatic hydroxyl groups excluding tert-OH is 1. The van der Waals surface area contributed by atoms with E-state index in [1.807, 2.05) is 17.0 Å². The summed E-state index contributed by atoms with van der Waals surface area (Å²) in [4.78, 5) is 29.2. The van der Waals surface area contributed by atoms with Gasteiger partial charge in [-0.05, 0) is 30.4 Å². The van der Waals surface area contributed by atoms with Gasteiger partial charge in [-0.2, -0.15) is 0 Å². The lowest BCUT2D eigenvalue weighted by Crippen LogP contribution is -2.38. The molecule has 30 heavy (non-hydrogen) atoms. The molecule has 2 aromatic rings. The molecule has 2 aliphatic heterocycles. The first-order valence-electron chi connectivity index (χ1n) is 10.9. The molecule has 3 heterocycles. The lowest BCUT2D eigenvalue weighted by Gasteiger charge is -2.29. The molecule has 2 saturated heterocycles. The van der Waals surface area contributed by atoms with E-state index in [1.54, 1.807) is 16.8 Å². The summed E-state index contributed by atoms with van der Waals surface area (Å²) in [5.41, 5.74) is 1.35. The molecule has 2 fully saturated rings. The average molecular weight is 410 g/mol.